The molecule has 1 amide bonds. The van der Waals surface area contributed by atoms with E-state index in [-0.39, 0.29) is 5.91 Å². The highest BCUT2D eigenvalue weighted by atomic mass is 16.5. The molecule has 166 valence electrons. The van der Waals surface area contributed by atoms with Gasteiger partial charge in [0.05, 0.1) is 17.6 Å². The third-order valence-corrected chi connectivity index (χ3v) is 5.83. The Labute approximate surface area is 185 Å². The molecule has 5 nitrogen and oxygen atoms in total. The second-order valence-electron chi connectivity index (χ2n) is 8.19. The first kappa shape index (κ1) is 22.9. The van der Waals surface area contributed by atoms with E-state index in [9.17, 15) is 4.79 Å². The number of aryl methyl sites for hydroxylation is 1. The number of hydrogen-bond acceptors (Lipinski definition) is 3. The number of unbranched alkanes of at least 4 members (excludes halogenated alkanes) is 2. The molecular formula is C26H35N3O2. The van der Waals surface area contributed by atoms with Crippen molar-refractivity contribution >= 4 is 16.9 Å². The number of imidazole rings is 1. The van der Waals surface area contributed by atoms with Gasteiger partial charge in [0.1, 0.15) is 18.2 Å². The van der Waals surface area contributed by atoms with E-state index in [0.717, 1.165) is 67.8 Å². The van der Waals surface area contributed by atoms with Crippen LogP contribution in [0.5, 0.6) is 5.75 Å². The minimum atomic E-state index is 0.0382. The van der Waals surface area contributed by atoms with Gasteiger partial charge in [0.2, 0.25) is 5.91 Å². The molecule has 1 heterocycles. The van der Waals surface area contributed by atoms with Crippen LogP contribution in [0.15, 0.2) is 48.5 Å². The van der Waals surface area contributed by atoms with Crippen LogP contribution in [0.4, 0.5) is 0 Å². The fourth-order valence-electron chi connectivity index (χ4n) is 3.80. The van der Waals surface area contributed by atoms with Gasteiger partial charge < -0.3 is 14.6 Å². The third kappa shape index (κ3) is 6.58. The van der Waals surface area contributed by atoms with Crippen molar-refractivity contribution in [1.29, 1.82) is 0 Å². The number of para-hydroxylation sites is 2. The van der Waals surface area contributed by atoms with Crippen molar-refractivity contribution in [2.75, 3.05) is 13.2 Å². The Morgan fingerprint density at radius 1 is 1.10 bits per heavy atom. The normalized spacial score (nSPS) is 12.1. The average molecular weight is 422 g/mol. The van der Waals surface area contributed by atoms with E-state index >= 15 is 0 Å². The van der Waals surface area contributed by atoms with Gasteiger partial charge in [-0.25, -0.2) is 4.98 Å². The highest BCUT2D eigenvalue weighted by Gasteiger charge is 2.10. The van der Waals surface area contributed by atoms with Crippen molar-refractivity contribution in [2.24, 2.45) is 0 Å². The molecule has 0 radical (unpaired) electrons. The zero-order valence-corrected chi connectivity index (χ0v) is 19.1. The summed E-state index contributed by atoms with van der Waals surface area (Å²) in [4.78, 5) is 15.8. The van der Waals surface area contributed by atoms with Gasteiger partial charge in [0, 0.05) is 19.9 Å². The van der Waals surface area contributed by atoms with Crippen LogP contribution in [-0.2, 0) is 17.8 Å². The Morgan fingerprint density at radius 2 is 1.87 bits per heavy atom. The molecule has 0 spiro atoms. The van der Waals surface area contributed by atoms with Gasteiger partial charge in [-0.1, -0.05) is 44.5 Å². The number of amides is 1. The molecule has 1 unspecified atom stereocenters. The SMILES string of the molecule is CCC(C)c1ccc(OCCn2c(CCCCCNC(C)=O)nc3ccccc32)cc1. The summed E-state index contributed by atoms with van der Waals surface area (Å²) in [5, 5.41) is 2.86. The van der Waals surface area contributed by atoms with E-state index in [2.05, 4.69) is 66.2 Å². The van der Waals surface area contributed by atoms with E-state index in [4.69, 9.17) is 9.72 Å². The van der Waals surface area contributed by atoms with Gasteiger partial charge in [0.25, 0.3) is 0 Å². The third-order valence-electron chi connectivity index (χ3n) is 5.83. The Balaban J connectivity index is 1.57. The first-order valence-corrected chi connectivity index (χ1v) is 11.5. The van der Waals surface area contributed by atoms with E-state index in [1.54, 1.807) is 6.92 Å². The number of carbonyl (C=O) groups excluding carboxylic acids is 1. The van der Waals surface area contributed by atoms with E-state index < -0.39 is 0 Å². The zero-order valence-electron chi connectivity index (χ0n) is 19.1. The van der Waals surface area contributed by atoms with Crippen molar-refractivity contribution in [2.45, 2.75) is 65.3 Å². The maximum Gasteiger partial charge on any atom is 0.216 e. The smallest absolute Gasteiger partial charge is 0.216 e. The predicted octanol–water partition coefficient (Wildman–Crippen LogP) is 5.48. The number of nitrogens with one attached hydrogen (secondary N) is 1. The first-order valence-electron chi connectivity index (χ1n) is 11.5. The number of rotatable bonds is 12. The number of hydrogen-bond donors (Lipinski definition) is 1. The second-order valence-corrected chi connectivity index (χ2v) is 8.19. The average Bonchev–Trinajstić information content (AvgIpc) is 3.13. The maximum absolute atomic E-state index is 11.0. The molecule has 0 aliphatic heterocycles. The topological polar surface area (TPSA) is 56.1 Å². The van der Waals surface area contributed by atoms with Gasteiger partial charge in [0.15, 0.2) is 0 Å². The molecule has 0 saturated heterocycles. The molecular weight excluding hydrogens is 386 g/mol. The summed E-state index contributed by atoms with van der Waals surface area (Å²) in [6.45, 7) is 8.15. The van der Waals surface area contributed by atoms with E-state index in [1.165, 1.54) is 5.56 Å². The molecule has 0 aliphatic rings. The van der Waals surface area contributed by atoms with Crippen LogP contribution in [0, 0.1) is 0 Å². The number of aromatic nitrogens is 2. The monoisotopic (exact) mass is 421 g/mol. The number of fused-ring (bicyclic) bond motifs is 1. The van der Waals surface area contributed by atoms with Gasteiger partial charge in [-0.3, -0.25) is 4.79 Å². The van der Waals surface area contributed by atoms with Crippen molar-refractivity contribution in [3.8, 4) is 5.75 Å². The van der Waals surface area contributed by atoms with Gasteiger partial charge >= 0.3 is 0 Å². The lowest BCUT2D eigenvalue weighted by Gasteiger charge is -2.13. The Bertz CT molecular complexity index is 962. The van der Waals surface area contributed by atoms with Crippen LogP contribution in [0.1, 0.15) is 63.8 Å². The van der Waals surface area contributed by atoms with Crippen molar-refractivity contribution in [1.82, 2.24) is 14.9 Å². The molecule has 31 heavy (non-hydrogen) atoms. The van der Waals surface area contributed by atoms with Gasteiger partial charge in [-0.2, -0.15) is 0 Å². The van der Waals surface area contributed by atoms with Crippen LogP contribution < -0.4 is 10.1 Å². The molecule has 3 aromatic rings. The van der Waals surface area contributed by atoms with Gasteiger partial charge in [-0.15, -0.1) is 0 Å². The predicted molar refractivity (Wildman–Crippen MR) is 127 cm³/mol. The summed E-state index contributed by atoms with van der Waals surface area (Å²) < 4.78 is 8.33. The lowest BCUT2D eigenvalue weighted by atomic mass is 9.99. The molecule has 0 bridgehead atoms. The summed E-state index contributed by atoms with van der Waals surface area (Å²) in [5.74, 6) is 2.64. The van der Waals surface area contributed by atoms with Crippen molar-refractivity contribution < 1.29 is 9.53 Å². The lowest BCUT2D eigenvalue weighted by Crippen LogP contribution is -2.20. The Hall–Kier alpha value is -2.82. The van der Waals surface area contributed by atoms with Gasteiger partial charge in [-0.05, 0) is 55.0 Å². The number of benzene rings is 2. The summed E-state index contributed by atoms with van der Waals surface area (Å²) in [6, 6.07) is 16.8. The second kappa shape index (κ2) is 11.5. The summed E-state index contributed by atoms with van der Waals surface area (Å²) in [5.41, 5.74) is 3.55. The summed E-state index contributed by atoms with van der Waals surface area (Å²) in [6.07, 6.45) is 5.20. The van der Waals surface area contributed by atoms with Crippen molar-refractivity contribution in [3.05, 3.63) is 59.9 Å². The lowest BCUT2D eigenvalue weighted by molar-refractivity contribution is -0.118. The van der Waals surface area contributed by atoms with E-state index in [0.29, 0.717) is 12.5 Å². The molecule has 1 atom stereocenters. The molecule has 0 fully saturated rings. The van der Waals surface area contributed by atoms with E-state index in [1.807, 2.05) is 6.07 Å². The highest BCUT2D eigenvalue weighted by Crippen LogP contribution is 2.22. The van der Waals surface area contributed by atoms with Crippen LogP contribution in [-0.4, -0.2) is 28.6 Å². The Morgan fingerprint density at radius 3 is 2.61 bits per heavy atom. The number of carbonyl (C=O) groups is 1. The molecule has 0 aliphatic carbocycles. The zero-order chi connectivity index (χ0) is 22.1. The largest absolute Gasteiger partial charge is 0.492 e. The quantitative estimate of drug-likeness (QED) is 0.394. The molecule has 0 saturated carbocycles. The molecule has 3 rings (SSSR count). The van der Waals surface area contributed by atoms with Crippen LogP contribution >= 0.6 is 0 Å². The van der Waals surface area contributed by atoms with Crippen molar-refractivity contribution in [3.63, 3.8) is 0 Å². The first-order chi connectivity index (χ1) is 15.1. The number of nitrogens with zero attached hydrogens (tertiary/aromatic N) is 2. The van der Waals surface area contributed by atoms with Crippen LogP contribution in [0.3, 0.4) is 0 Å². The van der Waals surface area contributed by atoms with Crippen LogP contribution in [0.25, 0.3) is 11.0 Å². The summed E-state index contributed by atoms with van der Waals surface area (Å²) >= 11 is 0. The van der Waals surface area contributed by atoms with Crippen LogP contribution in [0.2, 0.25) is 0 Å². The minimum Gasteiger partial charge on any atom is -0.492 e. The summed E-state index contributed by atoms with van der Waals surface area (Å²) in [7, 11) is 0. The fraction of sp³-hybridized carbons (Fsp3) is 0.462. The Kier molecular flexibility index (Phi) is 8.51. The minimum absolute atomic E-state index is 0.0382. The fourth-order valence-corrected chi connectivity index (χ4v) is 3.80. The molecule has 5 heteroatoms. The molecule has 1 aromatic heterocycles. The molecule has 2 aromatic carbocycles. The number of ether oxygens (including phenoxy) is 1. The highest BCUT2D eigenvalue weighted by molar-refractivity contribution is 5.75. The standard InChI is InChI=1S/C26H35N3O2/c1-4-20(2)22-13-15-23(16-14-22)31-19-18-29-25-11-8-7-10-24(25)28-26(29)12-6-5-9-17-27-21(3)30/h7-8,10-11,13-16,20H,4-6,9,12,17-19H2,1-3H3,(H,27,30). The molecule has 1 N–H and O–H groups in total. The maximum atomic E-state index is 11.0.